The molecule has 0 saturated heterocycles. The van der Waals surface area contributed by atoms with Gasteiger partial charge in [0.15, 0.2) is 0 Å². The summed E-state index contributed by atoms with van der Waals surface area (Å²) in [6.45, 7) is -0.602. The van der Waals surface area contributed by atoms with Gasteiger partial charge in [-0.05, 0) is 10.3 Å². The molecule has 7 N–H and O–H groups in total. The third-order valence-electron chi connectivity index (χ3n) is 1.69. The Hall–Kier alpha value is -0.712. The monoisotopic (exact) mass is 501 g/mol. The molecule has 0 amide bonds. The summed E-state index contributed by atoms with van der Waals surface area (Å²) in [5, 5.41) is 40.9. The average Bonchev–Trinajstić information content (AvgIpc) is 2.33. The summed E-state index contributed by atoms with van der Waals surface area (Å²) < 4.78 is 0. The van der Waals surface area contributed by atoms with Gasteiger partial charge in [0.1, 0.15) is 6.10 Å². The van der Waals surface area contributed by atoms with Crippen LogP contribution in [-0.2, 0) is 46.3 Å². The largest absolute Gasteiger partial charge is 2.00 e. The van der Waals surface area contributed by atoms with Crippen molar-refractivity contribution in [2.24, 2.45) is 31.9 Å². The molecule has 0 heterocycles. The Morgan fingerprint density at radius 2 is 1.60 bits per heavy atom. The fourth-order valence-electron chi connectivity index (χ4n) is 0.857. The van der Waals surface area contributed by atoms with Crippen molar-refractivity contribution in [1.29, 1.82) is 0 Å². The van der Waals surface area contributed by atoms with Gasteiger partial charge in [0.2, 0.25) is 0 Å². The molecule has 2 atom stereocenters. The van der Waals surface area contributed by atoms with Crippen LogP contribution in [0.3, 0.4) is 0 Å². The minimum absolute atomic E-state index is 0. The SMILES string of the molecule is N/C([S-])=N/N=C\C(C[C@H](O)[C@H](O)CO)=N/N=C(/N)[S-].[Pt+2]. The maximum atomic E-state index is 9.52. The summed E-state index contributed by atoms with van der Waals surface area (Å²) >= 11 is 8.97. The number of amidine groups is 2. The summed E-state index contributed by atoms with van der Waals surface area (Å²) in [6, 6.07) is 0. The van der Waals surface area contributed by atoms with Crippen LogP contribution in [0, 0.1) is 0 Å². The van der Waals surface area contributed by atoms with Gasteiger partial charge in [0.25, 0.3) is 0 Å². The van der Waals surface area contributed by atoms with Gasteiger partial charge in [0.05, 0.1) is 24.6 Å². The predicted molar refractivity (Wildman–Crippen MR) is 77.6 cm³/mol. The van der Waals surface area contributed by atoms with Crippen LogP contribution in [0.5, 0.6) is 0 Å². The van der Waals surface area contributed by atoms with E-state index in [1.807, 2.05) is 0 Å². The van der Waals surface area contributed by atoms with Crippen molar-refractivity contribution in [2.45, 2.75) is 18.6 Å². The van der Waals surface area contributed by atoms with Gasteiger partial charge in [-0.1, -0.05) is 0 Å². The van der Waals surface area contributed by atoms with Gasteiger partial charge < -0.3 is 52.0 Å². The van der Waals surface area contributed by atoms with Crippen molar-refractivity contribution in [3.63, 3.8) is 0 Å². The number of rotatable bonds is 7. The zero-order valence-corrected chi connectivity index (χ0v) is 14.0. The Balaban J connectivity index is 0. The van der Waals surface area contributed by atoms with E-state index < -0.39 is 18.8 Å². The Kier molecular flexibility index (Phi) is 13.0. The summed E-state index contributed by atoms with van der Waals surface area (Å²) in [5.41, 5.74) is 10.3. The van der Waals surface area contributed by atoms with Gasteiger partial charge in [-0.3, -0.25) is 0 Å². The van der Waals surface area contributed by atoms with Crippen molar-refractivity contribution in [3.05, 3.63) is 0 Å². The van der Waals surface area contributed by atoms with Crippen LogP contribution >= 0.6 is 0 Å². The van der Waals surface area contributed by atoms with Gasteiger partial charge in [-0.15, -0.1) is 0 Å². The first kappa shape index (κ1) is 21.6. The zero-order valence-electron chi connectivity index (χ0n) is 10.1. The fraction of sp³-hybridized carbons (Fsp3) is 0.500. The number of hydrogen-bond acceptors (Lipinski definition) is 9. The van der Waals surface area contributed by atoms with E-state index in [0.29, 0.717) is 0 Å². The molecule has 0 aliphatic heterocycles. The minimum atomic E-state index is -1.32. The predicted octanol–water partition coefficient (Wildman–Crippen LogP) is -2.85. The number of aliphatic hydroxyl groups excluding tert-OH is 3. The van der Waals surface area contributed by atoms with Crippen LogP contribution in [0.1, 0.15) is 6.42 Å². The van der Waals surface area contributed by atoms with Crippen molar-refractivity contribution < 1.29 is 36.4 Å². The fourth-order valence-corrected chi connectivity index (χ4v) is 0.945. The van der Waals surface area contributed by atoms with Crippen molar-refractivity contribution in [1.82, 2.24) is 0 Å². The average molecular weight is 501 g/mol. The van der Waals surface area contributed by atoms with Crippen LogP contribution in [-0.4, -0.2) is 56.4 Å². The first-order valence-corrected chi connectivity index (χ1v) is 5.76. The van der Waals surface area contributed by atoms with E-state index in [4.69, 9.17) is 16.6 Å². The Labute approximate surface area is 141 Å². The van der Waals surface area contributed by atoms with Gasteiger partial charge in [-0.2, -0.15) is 20.4 Å². The second-order valence-corrected chi connectivity index (χ2v) is 4.07. The van der Waals surface area contributed by atoms with Crippen LogP contribution in [0.2, 0.25) is 0 Å². The van der Waals surface area contributed by atoms with E-state index in [-0.39, 0.29) is 43.5 Å². The second kappa shape index (κ2) is 12.1. The van der Waals surface area contributed by atoms with Gasteiger partial charge >= 0.3 is 21.1 Å². The maximum Gasteiger partial charge on any atom is 2.00 e. The standard InChI is InChI=1S/C8H16N6O3S2.Pt/c9-7(18)13-11-2-4(12-14-8(10)19)1-5(16)6(17)3-15;/h2,5-6,15-17H,1,3H2,(H3,9,13,18)(H3,10,14,19);/q;+2/p-2/b11-2-,12-4-;/t5-,6+;/m0./s1. The summed E-state index contributed by atoms with van der Waals surface area (Å²) in [7, 11) is 0. The Bertz CT molecular complexity index is 396. The van der Waals surface area contributed by atoms with Crippen LogP contribution in [0.4, 0.5) is 0 Å². The topological polar surface area (TPSA) is 162 Å². The molecule has 0 aromatic rings. The summed E-state index contributed by atoms with van der Waals surface area (Å²) in [6.07, 6.45) is -1.61. The number of nitrogens with two attached hydrogens (primary N) is 2. The summed E-state index contributed by atoms with van der Waals surface area (Å²) in [5.74, 6) is 0. The number of aliphatic hydroxyl groups is 3. The summed E-state index contributed by atoms with van der Waals surface area (Å²) in [4.78, 5) is 0. The van der Waals surface area contributed by atoms with Crippen molar-refractivity contribution >= 4 is 47.5 Å². The van der Waals surface area contributed by atoms with E-state index in [1.54, 1.807) is 0 Å². The molecule has 20 heavy (non-hydrogen) atoms. The smallest absolute Gasteiger partial charge is 0.741 e. The molecule has 12 heteroatoms. The first-order chi connectivity index (χ1) is 8.86. The molecule has 0 aromatic carbocycles. The third-order valence-corrected chi connectivity index (χ3v) is 1.85. The van der Waals surface area contributed by atoms with E-state index >= 15 is 0 Å². The number of nitrogens with zero attached hydrogens (tertiary/aromatic N) is 4. The molecule has 0 radical (unpaired) electrons. The molecule has 0 aliphatic carbocycles. The Morgan fingerprint density at radius 1 is 1.05 bits per heavy atom. The molecule has 0 rings (SSSR count). The van der Waals surface area contributed by atoms with Crippen molar-refractivity contribution in [2.75, 3.05) is 6.61 Å². The van der Waals surface area contributed by atoms with Crippen LogP contribution in [0.25, 0.3) is 0 Å². The molecule has 0 unspecified atom stereocenters. The molecule has 0 aromatic heterocycles. The molecule has 116 valence electrons. The van der Waals surface area contributed by atoms with E-state index in [9.17, 15) is 10.2 Å². The normalized spacial score (nSPS) is 16.9. The molecule has 0 bridgehead atoms. The van der Waals surface area contributed by atoms with E-state index in [1.165, 1.54) is 0 Å². The first-order valence-electron chi connectivity index (χ1n) is 4.94. The zero-order chi connectivity index (χ0) is 14.8. The van der Waals surface area contributed by atoms with Crippen LogP contribution in [0.15, 0.2) is 20.4 Å². The van der Waals surface area contributed by atoms with Gasteiger partial charge in [-0.25, -0.2) is 0 Å². The third kappa shape index (κ3) is 11.1. The van der Waals surface area contributed by atoms with Crippen LogP contribution < -0.4 is 11.5 Å². The minimum Gasteiger partial charge on any atom is -0.741 e. The second-order valence-electron chi connectivity index (χ2n) is 3.23. The van der Waals surface area contributed by atoms with Gasteiger partial charge in [0, 0.05) is 6.42 Å². The van der Waals surface area contributed by atoms with E-state index in [0.717, 1.165) is 6.21 Å². The molecule has 9 nitrogen and oxygen atoms in total. The molecular weight excluding hydrogens is 487 g/mol. The quantitative estimate of drug-likeness (QED) is 0.109. The van der Waals surface area contributed by atoms with E-state index in [2.05, 4.69) is 45.7 Å². The molecule has 0 fully saturated rings. The molecule has 0 aliphatic rings. The molecular formula is C8H14N6O3PtS2. The number of hydrogen-bond donors (Lipinski definition) is 5. The molecule has 0 saturated carbocycles. The molecule has 0 spiro atoms. The van der Waals surface area contributed by atoms with Crippen molar-refractivity contribution in [3.8, 4) is 0 Å². The maximum absolute atomic E-state index is 9.52. The Morgan fingerprint density at radius 3 is 2.05 bits per heavy atom.